The van der Waals surface area contributed by atoms with Crippen LogP contribution in [0.5, 0.6) is 0 Å². The fourth-order valence-electron chi connectivity index (χ4n) is 3.28. The summed E-state index contributed by atoms with van der Waals surface area (Å²) in [4.78, 5) is 22.7. The highest BCUT2D eigenvalue weighted by atomic mass is 16.4. The van der Waals surface area contributed by atoms with Crippen molar-refractivity contribution in [3.05, 3.63) is 61.2 Å². The molecule has 2 rings (SSSR count). The number of aliphatic carboxylic acids is 1. The van der Waals surface area contributed by atoms with Crippen LogP contribution in [0.15, 0.2) is 55.6 Å². The zero-order valence-corrected chi connectivity index (χ0v) is 13.1. The van der Waals surface area contributed by atoms with Gasteiger partial charge in [0, 0.05) is 24.3 Å². The molecule has 2 unspecified atom stereocenters. The standard InChI is InChI=1S/C17H20O3.C2H4/c1-2-13-12-15(18)8-10-17(13,11-9-16(19)20)14-6-4-3-5-7-14;1-2/h3-7,9,11,13H,2,8,10,12H2,1H3,(H,19,20);1-2H2. The zero-order valence-electron chi connectivity index (χ0n) is 13.1. The van der Waals surface area contributed by atoms with Gasteiger partial charge in [0.2, 0.25) is 0 Å². The van der Waals surface area contributed by atoms with Crippen LogP contribution in [0, 0.1) is 5.92 Å². The van der Waals surface area contributed by atoms with Gasteiger partial charge >= 0.3 is 5.97 Å². The predicted octanol–water partition coefficient (Wildman–Crippen LogP) is 4.15. The first kappa shape index (κ1) is 17.9. The number of hydrogen-bond donors (Lipinski definition) is 1. The lowest BCUT2D eigenvalue weighted by atomic mass is 9.61. The van der Waals surface area contributed by atoms with Crippen molar-refractivity contribution >= 4 is 11.8 Å². The third kappa shape index (κ3) is 3.94. The first-order valence-electron chi connectivity index (χ1n) is 7.58. The highest BCUT2D eigenvalue weighted by Crippen LogP contribution is 2.45. The Balaban J connectivity index is 0.00000116. The molecule has 1 aliphatic carbocycles. The van der Waals surface area contributed by atoms with Gasteiger partial charge in [-0.1, -0.05) is 49.8 Å². The van der Waals surface area contributed by atoms with E-state index < -0.39 is 5.97 Å². The number of carbonyl (C=O) groups excluding carboxylic acids is 1. The molecule has 1 N–H and O–H groups in total. The maximum absolute atomic E-state index is 11.7. The lowest BCUT2D eigenvalue weighted by Crippen LogP contribution is -2.39. The summed E-state index contributed by atoms with van der Waals surface area (Å²) in [6, 6.07) is 9.95. The van der Waals surface area contributed by atoms with Crippen molar-refractivity contribution in [2.24, 2.45) is 5.92 Å². The van der Waals surface area contributed by atoms with Gasteiger partial charge in [-0.2, -0.15) is 0 Å². The normalized spacial score (nSPS) is 24.6. The van der Waals surface area contributed by atoms with Crippen molar-refractivity contribution in [2.45, 2.75) is 38.0 Å². The Bertz CT molecular complexity index is 533. The predicted molar refractivity (Wildman–Crippen MR) is 88.8 cm³/mol. The molecule has 3 nitrogen and oxygen atoms in total. The largest absolute Gasteiger partial charge is 0.478 e. The fourth-order valence-corrected chi connectivity index (χ4v) is 3.28. The van der Waals surface area contributed by atoms with Gasteiger partial charge in [0.25, 0.3) is 0 Å². The monoisotopic (exact) mass is 300 g/mol. The van der Waals surface area contributed by atoms with Crippen molar-refractivity contribution in [3.8, 4) is 0 Å². The topological polar surface area (TPSA) is 54.4 Å². The molecule has 1 aliphatic rings. The summed E-state index contributed by atoms with van der Waals surface area (Å²) in [6.45, 7) is 8.07. The molecule has 1 fully saturated rings. The highest BCUT2D eigenvalue weighted by Gasteiger charge is 2.41. The molecule has 22 heavy (non-hydrogen) atoms. The summed E-state index contributed by atoms with van der Waals surface area (Å²) in [5.41, 5.74) is 0.777. The summed E-state index contributed by atoms with van der Waals surface area (Å²) in [7, 11) is 0. The third-order valence-electron chi connectivity index (χ3n) is 4.35. The minimum atomic E-state index is -0.938. The zero-order chi connectivity index (χ0) is 16.6. The molecule has 1 aromatic carbocycles. The Morgan fingerprint density at radius 2 is 2.00 bits per heavy atom. The van der Waals surface area contributed by atoms with E-state index in [0.717, 1.165) is 12.0 Å². The molecular weight excluding hydrogens is 276 g/mol. The quantitative estimate of drug-likeness (QED) is 0.671. The Morgan fingerprint density at radius 1 is 1.36 bits per heavy atom. The molecule has 0 amide bonds. The van der Waals surface area contributed by atoms with Gasteiger partial charge in [0.15, 0.2) is 0 Å². The van der Waals surface area contributed by atoms with E-state index in [2.05, 4.69) is 20.1 Å². The molecule has 2 atom stereocenters. The van der Waals surface area contributed by atoms with E-state index in [9.17, 15) is 9.59 Å². The minimum absolute atomic E-state index is 0.168. The van der Waals surface area contributed by atoms with Crippen molar-refractivity contribution in [3.63, 3.8) is 0 Å². The van der Waals surface area contributed by atoms with E-state index in [0.29, 0.717) is 19.3 Å². The van der Waals surface area contributed by atoms with E-state index in [-0.39, 0.29) is 17.1 Å². The molecule has 0 aliphatic heterocycles. The van der Waals surface area contributed by atoms with Gasteiger partial charge in [0.1, 0.15) is 5.78 Å². The van der Waals surface area contributed by atoms with Crippen LogP contribution in [-0.4, -0.2) is 16.9 Å². The maximum Gasteiger partial charge on any atom is 0.328 e. The van der Waals surface area contributed by atoms with Gasteiger partial charge in [0.05, 0.1) is 0 Å². The molecule has 0 radical (unpaired) electrons. The van der Waals surface area contributed by atoms with Crippen LogP contribution in [-0.2, 0) is 15.0 Å². The van der Waals surface area contributed by atoms with Gasteiger partial charge < -0.3 is 5.11 Å². The summed E-state index contributed by atoms with van der Waals surface area (Å²) >= 11 is 0. The van der Waals surface area contributed by atoms with Crippen LogP contribution in [0.3, 0.4) is 0 Å². The van der Waals surface area contributed by atoms with Crippen molar-refractivity contribution in [1.29, 1.82) is 0 Å². The molecular formula is C19H24O3. The molecule has 0 heterocycles. The summed E-state index contributed by atoms with van der Waals surface area (Å²) in [5, 5.41) is 8.96. The number of Topliss-reactive ketones (excluding diaryl/α,β-unsaturated/α-hetero) is 1. The van der Waals surface area contributed by atoms with Crippen LogP contribution in [0.4, 0.5) is 0 Å². The molecule has 0 bridgehead atoms. The molecule has 3 heteroatoms. The average molecular weight is 300 g/mol. The second kappa shape index (κ2) is 8.32. The third-order valence-corrected chi connectivity index (χ3v) is 4.35. The first-order chi connectivity index (χ1) is 10.6. The van der Waals surface area contributed by atoms with Gasteiger partial charge in [-0.15, -0.1) is 13.2 Å². The number of benzene rings is 1. The lowest BCUT2D eigenvalue weighted by molar-refractivity contribution is -0.131. The summed E-state index contributed by atoms with van der Waals surface area (Å²) < 4.78 is 0. The number of carbonyl (C=O) groups is 2. The minimum Gasteiger partial charge on any atom is -0.478 e. The molecule has 0 aromatic heterocycles. The molecule has 0 saturated heterocycles. The highest BCUT2D eigenvalue weighted by molar-refractivity contribution is 5.82. The van der Waals surface area contributed by atoms with E-state index in [1.807, 2.05) is 30.3 Å². The van der Waals surface area contributed by atoms with E-state index in [4.69, 9.17) is 5.11 Å². The smallest absolute Gasteiger partial charge is 0.328 e. The molecule has 1 aromatic rings. The maximum atomic E-state index is 11.7. The van der Waals surface area contributed by atoms with E-state index >= 15 is 0 Å². The van der Waals surface area contributed by atoms with E-state index in [1.165, 1.54) is 6.08 Å². The molecule has 118 valence electrons. The van der Waals surface area contributed by atoms with Crippen molar-refractivity contribution in [2.75, 3.05) is 0 Å². The molecule has 0 spiro atoms. The Morgan fingerprint density at radius 3 is 2.55 bits per heavy atom. The number of hydrogen-bond acceptors (Lipinski definition) is 2. The van der Waals surface area contributed by atoms with Crippen LogP contribution in [0.25, 0.3) is 0 Å². The average Bonchev–Trinajstić information content (AvgIpc) is 2.56. The number of allylic oxidation sites excluding steroid dienone is 1. The Labute approximate surface area is 132 Å². The Hall–Kier alpha value is -2.16. The second-order valence-electron chi connectivity index (χ2n) is 5.43. The van der Waals surface area contributed by atoms with Gasteiger partial charge in [-0.05, 0) is 17.9 Å². The van der Waals surface area contributed by atoms with Crippen LogP contribution < -0.4 is 0 Å². The number of carboxylic acids is 1. The van der Waals surface area contributed by atoms with Gasteiger partial charge in [-0.25, -0.2) is 4.79 Å². The Kier molecular flexibility index (Phi) is 6.77. The number of ketones is 1. The van der Waals surface area contributed by atoms with Crippen LogP contribution in [0.2, 0.25) is 0 Å². The SMILES string of the molecule is C=C.CCC1CC(=O)CCC1(C=CC(=O)O)c1ccccc1. The second-order valence-corrected chi connectivity index (χ2v) is 5.43. The first-order valence-corrected chi connectivity index (χ1v) is 7.58. The van der Waals surface area contributed by atoms with Crippen LogP contribution >= 0.6 is 0 Å². The van der Waals surface area contributed by atoms with E-state index in [1.54, 1.807) is 6.08 Å². The fraction of sp³-hybridized carbons (Fsp3) is 0.368. The lowest BCUT2D eigenvalue weighted by Gasteiger charge is -2.42. The van der Waals surface area contributed by atoms with Crippen molar-refractivity contribution in [1.82, 2.24) is 0 Å². The number of rotatable bonds is 4. The van der Waals surface area contributed by atoms with Gasteiger partial charge in [-0.3, -0.25) is 4.79 Å². The summed E-state index contributed by atoms with van der Waals surface area (Å²) in [6.07, 6.45) is 5.64. The molecule has 1 saturated carbocycles. The van der Waals surface area contributed by atoms with Crippen LogP contribution in [0.1, 0.15) is 38.2 Å². The van der Waals surface area contributed by atoms with Crippen molar-refractivity contribution < 1.29 is 14.7 Å². The number of carboxylic acid groups (broad SMARTS) is 1. The summed E-state index contributed by atoms with van der Waals surface area (Å²) in [5.74, 6) is -0.485.